The van der Waals surface area contributed by atoms with Crippen molar-refractivity contribution in [2.75, 3.05) is 19.6 Å². The second-order valence-corrected chi connectivity index (χ2v) is 6.59. The molecule has 1 atom stereocenters. The van der Waals surface area contributed by atoms with Crippen LogP contribution >= 0.6 is 11.3 Å². The number of nitrogens with zero attached hydrogens (tertiary/aromatic N) is 2. The van der Waals surface area contributed by atoms with Crippen molar-refractivity contribution in [3.8, 4) is 0 Å². The van der Waals surface area contributed by atoms with Crippen LogP contribution in [0.4, 0.5) is 0 Å². The first-order chi connectivity index (χ1) is 9.66. The van der Waals surface area contributed by atoms with Gasteiger partial charge < -0.3 is 10.2 Å². The van der Waals surface area contributed by atoms with Crippen LogP contribution < -0.4 is 5.32 Å². The minimum absolute atomic E-state index is 0.0900. The SMILES string of the molecule is Cc1nc(CCNC(C)C(=O)N2CCCCCC2)cs1. The van der Waals surface area contributed by atoms with E-state index in [4.69, 9.17) is 0 Å². The Hall–Kier alpha value is -0.940. The molecule has 0 radical (unpaired) electrons. The molecule has 1 unspecified atom stereocenters. The summed E-state index contributed by atoms with van der Waals surface area (Å²) in [6.45, 7) is 6.66. The van der Waals surface area contributed by atoms with Gasteiger partial charge >= 0.3 is 0 Å². The number of nitrogens with one attached hydrogen (secondary N) is 1. The quantitative estimate of drug-likeness (QED) is 0.907. The van der Waals surface area contributed by atoms with Crippen LogP contribution in [0.15, 0.2) is 5.38 Å². The van der Waals surface area contributed by atoms with Crippen molar-refractivity contribution in [3.63, 3.8) is 0 Å². The Morgan fingerprint density at radius 1 is 1.40 bits per heavy atom. The average molecular weight is 295 g/mol. The molecule has 0 aliphatic carbocycles. The van der Waals surface area contributed by atoms with Crippen molar-refractivity contribution >= 4 is 17.2 Å². The van der Waals surface area contributed by atoms with E-state index in [0.717, 1.165) is 49.6 Å². The van der Waals surface area contributed by atoms with Gasteiger partial charge in [0.1, 0.15) is 0 Å². The third-order valence-electron chi connectivity index (χ3n) is 3.79. The molecule has 1 aliphatic heterocycles. The number of aromatic nitrogens is 1. The number of likely N-dealkylation sites (tertiary alicyclic amines) is 1. The fraction of sp³-hybridized carbons (Fsp3) is 0.733. The first-order valence-corrected chi connectivity index (χ1v) is 8.48. The molecule has 0 saturated carbocycles. The molecule has 20 heavy (non-hydrogen) atoms. The summed E-state index contributed by atoms with van der Waals surface area (Å²) in [4.78, 5) is 18.8. The fourth-order valence-electron chi connectivity index (χ4n) is 2.59. The molecule has 0 aromatic carbocycles. The maximum Gasteiger partial charge on any atom is 0.239 e. The van der Waals surface area contributed by atoms with Gasteiger partial charge in [-0.15, -0.1) is 11.3 Å². The van der Waals surface area contributed by atoms with E-state index >= 15 is 0 Å². The second kappa shape index (κ2) is 7.74. The summed E-state index contributed by atoms with van der Waals surface area (Å²) in [5.74, 6) is 0.251. The summed E-state index contributed by atoms with van der Waals surface area (Å²) in [7, 11) is 0. The van der Waals surface area contributed by atoms with Gasteiger partial charge in [0.15, 0.2) is 0 Å². The van der Waals surface area contributed by atoms with Gasteiger partial charge in [-0.3, -0.25) is 4.79 Å². The van der Waals surface area contributed by atoms with E-state index in [1.54, 1.807) is 11.3 Å². The Morgan fingerprint density at radius 3 is 2.70 bits per heavy atom. The molecule has 112 valence electrons. The lowest BCUT2D eigenvalue weighted by atomic mass is 10.2. The van der Waals surface area contributed by atoms with E-state index in [2.05, 4.69) is 15.7 Å². The van der Waals surface area contributed by atoms with Gasteiger partial charge in [-0.25, -0.2) is 4.98 Å². The maximum atomic E-state index is 12.3. The number of rotatable bonds is 5. The van der Waals surface area contributed by atoms with Gasteiger partial charge in [0.05, 0.1) is 16.7 Å². The Morgan fingerprint density at radius 2 is 2.10 bits per heavy atom. The van der Waals surface area contributed by atoms with E-state index in [9.17, 15) is 4.79 Å². The zero-order valence-corrected chi connectivity index (χ0v) is 13.3. The molecule has 1 aliphatic rings. The molecule has 0 bridgehead atoms. The molecule has 4 nitrogen and oxygen atoms in total. The van der Waals surface area contributed by atoms with Crippen LogP contribution in [-0.4, -0.2) is 41.5 Å². The van der Waals surface area contributed by atoms with Crippen LogP contribution in [0.2, 0.25) is 0 Å². The van der Waals surface area contributed by atoms with Gasteiger partial charge in [-0.2, -0.15) is 0 Å². The lowest BCUT2D eigenvalue weighted by molar-refractivity contribution is -0.133. The van der Waals surface area contributed by atoms with Crippen molar-refractivity contribution < 1.29 is 4.79 Å². The van der Waals surface area contributed by atoms with Crippen LogP contribution in [-0.2, 0) is 11.2 Å². The zero-order chi connectivity index (χ0) is 14.4. The smallest absolute Gasteiger partial charge is 0.239 e. The monoisotopic (exact) mass is 295 g/mol. The largest absolute Gasteiger partial charge is 0.341 e. The predicted molar refractivity (Wildman–Crippen MR) is 83.1 cm³/mol. The lowest BCUT2D eigenvalue weighted by Gasteiger charge is -2.24. The Bertz CT molecular complexity index is 425. The summed E-state index contributed by atoms with van der Waals surface area (Å²) < 4.78 is 0. The summed E-state index contributed by atoms with van der Waals surface area (Å²) in [6.07, 6.45) is 5.71. The van der Waals surface area contributed by atoms with Crippen molar-refractivity contribution in [1.29, 1.82) is 0 Å². The summed E-state index contributed by atoms with van der Waals surface area (Å²) >= 11 is 1.68. The standard InChI is InChI=1S/C15H25N3OS/c1-12(15(19)18-9-5-3-4-6-10-18)16-8-7-14-11-20-13(2)17-14/h11-12,16H,3-10H2,1-2H3. The summed E-state index contributed by atoms with van der Waals surface area (Å²) in [5.41, 5.74) is 1.12. The third kappa shape index (κ3) is 4.56. The molecule has 2 heterocycles. The number of aryl methyl sites for hydroxylation is 1. The predicted octanol–water partition coefficient (Wildman–Crippen LogP) is 2.37. The number of carbonyl (C=O) groups is 1. The van der Waals surface area contributed by atoms with Crippen LogP contribution in [0.5, 0.6) is 0 Å². The molecule has 1 N–H and O–H groups in total. The van der Waals surface area contributed by atoms with Crippen LogP contribution in [0.3, 0.4) is 0 Å². The molecule has 1 amide bonds. The second-order valence-electron chi connectivity index (χ2n) is 5.52. The number of carbonyl (C=O) groups excluding carboxylic acids is 1. The molecular formula is C15H25N3OS. The Balaban J connectivity index is 1.73. The lowest BCUT2D eigenvalue weighted by Crippen LogP contribution is -2.45. The van der Waals surface area contributed by atoms with E-state index in [0.29, 0.717) is 0 Å². The normalized spacial score (nSPS) is 17.8. The van der Waals surface area contributed by atoms with Gasteiger partial charge in [0.25, 0.3) is 0 Å². The van der Waals surface area contributed by atoms with Crippen molar-refractivity contribution in [2.24, 2.45) is 0 Å². The molecule has 1 aromatic rings. The number of amides is 1. The van der Waals surface area contributed by atoms with E-state index in [-0.39, 0.29) is 11.9 Å². The van der Waals surface area contributed by atoms with E-state index in [1.165, 1.54) is 12.8 Å². The van der Waals surface area contributed by atoms with Crippen LogP contribution in [0.1, 0.15) is 43.3 Å². The van der Waals surface area contributed by atoms with Gasteiger partial charge in [-0.05, 0) is 26.7 Å². The van der Waals surface area contributed by atoms with Crippen molar-refractivity contribution in [3.05, 3.63) is 16.1 Å². The minimum atomic E-state index is -0.0900. The topological polar surface area (TPSA) is 45.2 Å². The van der Waals surface area contributed by atoms with Crippen molar-refractivity contribution in [1.82, 2.24) is 15.2 Å². The van der Waals surface area contributed by atoms with Crippen LogP contribution in [0, 0.1) is 6.92 Å². The molecule has 1 saturated heterocycles. The Kier molecular flexibility index (Phi) is 5.98. The van der Waals surface area contributed by atoms with Gasteiger partial charge in [-0.1, -0.05) is 12.8 Å². The molecule has 1 aromatic heterocycles. The average Bonchev–Trinajstić information content (AvgIpc) is 2.68. The van der Waals surface area contributed by atoms with E-state index in [1.807, 2.05) is 18.7 Å². The molecule has 5 heteroatoms. The minimum Gasteiger partial charge on any atom is -0.341 e. The molecule has 1 fully saturated rings. The fourth-order valence-corrected chi connectivity index (χ4v) is 3.24. The van der Waals surface area contributed by atoms with Gasteiger partial charge in [0.2, 0.25) is 5.91 Å². The Labute approximate surface area is 125 Å². The molecular weight excluding hydrogens is 270 g/mol. The number of hydrogen-bond donors (Lipinski definition) is 1. The van der Waals surface area contributed by atoms with Gasteiger partial charge in [0, 0.05) is 31.4 Å². The first-order valence-electron chi connectivity index (χ1n) is 7.60. The number of hydrogen-bond acceptors (Lipinski definition) is 4. The maximum absolute atomic E-state index is 12.3. The summed E-state index contributed by atoms with van der Waals surface area (Å²) in [5, 5.41) is 6.53. The van der Waals surface area contributed by atoms with E-state index < -0.39 is 0 Å². The zero-order valence-electron chi connectivity index (χ0n) is 12.5. The highest BCUT2D eigenvalue weighted by atomic mass is 32.1. The molecule has 0 spiro atoms. The highest BCUT2D eigenvalue weighted by molar-refractivity contribution is 7.09. The number of thiazole rings is 1. The highest BCUT2D eigenvalue weighted by Gasteiger charge is 2.20. The first kappa shape index (κ1) is 15.4. The summed E-state index contributed by atoms with van der Waals surface area (Å²) in [6, 6.07) is -0.0900. The molecule has 2 rings (SSSR count). The van der Waals surface area contributed by atoms with Crippen LogP contribution in [0.25, 0.3) is 0 Å². The third-order valence-corrected chi connectivity index (χ3v) is 4.61. The van der Waals surface area contributed by atoms with Crippen molar-refractivity contribution in [2.45, 2.75) is 52.0 Å². The highest BCUT2D eigenvalue weighted by Crippen LogP contribution is 2.11.